The van der Waals surface area contributed by atoms with Gasteiger partial charge in [0, 0.05) is 26.1 Å². The van der Waals surface area contributed by atoms with Crippen molar-refractivity contribution < 1.29 is 0 Å². The van der Waals surface area contributed by atoms with E-state index in [0.717, 1.165) is 37.4 Å². The van der Waals surface area contributed by atoms with Crippen LogP contribution in [0.3, 0.4) is 0 Å². The van der Waals surface area contributed by atoms with E-state index in [0.29, 0.717) is 16.6 Å². The summed E-state index contributed by atoms with van der Waals surface area (Å²) in [5.41, 5.74) is 1.49. The monoisotopic (exact) mass is 301 g/mol. The Morgan fingerprint density at radius 1 is 1.33 bits per heavy atom. The van der Waals surface area contributed by atoms with Gasteiger partial charge in [0.15, 0.2) is 0 Å². The van der Waals surface area contributed by atoms with Gasteiger partial charge in [-0.1, -0.05) is 23.7 Å². The molecule has 3 rings (SSSR count). The fourth-order valence-electron chi connectivity index (χ4n) is 2.93. The SMILES string of the molecule is [C-]#[N+]c1cccc(Cl)c1N1CCC(c2nncn2C)CC1. The molecule has 1 saturated heterocycles. The molecule has 0 spiro atoms. The van der Waals surface area contributed by atoms with Gasteiger partial charge in [0.1, 0.15) is 12.2 Å². The lowest BCUT2D eigenvalue weighted by atomic mass is 9.95. The Hall–Kier alpha value is -2.06. The number of anilines is 1. The van der Waals surface area contributed by atoms with Gasteiger partial charge in [-0.15, -0.1) is 10.2 Å². The predicted octanol–water partition coefficient (Wildman–Crippen LogP) is 3.40. The molecule has 0 atom stereocenters. The Labute approximate surface area is 129 Å². The van der Waals surface area contributed by atoms with Crippen LogP contribution in [0.2, 0.25) is 5.02 Å². The molecule has 1 fully saturated rings. The van der Waals surface area contributed by atoms with E-state index in [2.05, 4.69) is 19.9 Å². The summed E-state index contributed by atoms with van der Waals surface area (Å²) in [5.74, 6) is 1.46. The Bertz CT molecular complexity index is 680. The Kier molecular flexibility index (Phi) is 3.80. The first-order chi connectivity index (χ1) is 10.2. The molecule has 0 bridgehead atoms. The van der Waals surface area contributed by atoms with E-state index in [1.54, 1.807) is 6.33 Å². The van der Waals surface area contributed by atoms with E-state index >= 15 is 0 Å². The highest BCUT2D eigenvalue weighted by Crippen LogP contribution is 2.39. The minimum Gasteiger partial charge on any atom is -0.379 e. The summed E-state index contributed by atoms with van der Waals surface area (Å²) in [6, 6.07) is 5.49. The van der Waals surface area contributed by atoms with E-state index in [1.807, 2.05) is 29.8 Å². The lowest BCUT2D eigenvalue weighted by Crippen LogP contribution is -2.33. The average Bonchev–Trinajstić information content (AvgIpc) is 2.93. The summed E-state index contributed by atoms with van der Waals surface area (Å²) in [4.78, 5) is 5.80. The average molecular weight is 302 g/mol. The van der Waals surface area contributed by atoms with Crippen molar-refractivity contribution >= 4 is 23.0 Å². The number of halogens is 1. The smallest absolute Gasteiger partial charge is 0.211 e. The minimum atomic E-state index is 0.424. The van der Waals surface area contributed by atoms with Crippen LogP contribution in [0, 0.1) is 6.57 Å². The maximum absolute atomic E-state index is 7.30. The van der Waals surface area contributed by atoms with Gasteiger partial charge in [-0.05, 0) is 18.9 Å². The molecule has 6 heteroatoms. The van der Waals surface area contributed by atoms with Crippen molar-refractivity contribution in [1.29, 1.82) is 0 Å². The van der Waals surface area contributed by atoms with Crippen molar-refractivity contribution in [2.75, 3.05) is 18.0 Å². The van der Waals surface area contributed by atoms with E-state index in [1.165, 1.54) is 0 Å². The molecule has 1 aliphatic heterocycles. The number of benzene rings is 1. The van der Waals surface area contributed by atoms with Crippen molar-refractivity contribution in [3.8, 4) is 0 Å². The first kappa shape index (κ1) is 13.9. The molecule has 2 aromatic rings. The van der Waals surface area contributed by atoms with E-state index in [9.17, 15) is 0 Å². The molecule has 1 aliphatic rings. The maximum atomic E-state index is 7.30. The largest absolute Gasteiger partial charge is 0.379 e. The Balaban J connectivity index is 1.78. The minimum absolute atomic E-state index is 0.424. The highest BCUT2D eigenvalue weighted by molar-refractivity contribution is 6.34. The van der Waals surface area contributed by atoms with Gasteiger partial charge in [-0.25, -0.2) is 4.85 Å². The molecule has 1 aromatic heterocycles. The summed E-state index contributed by atoms with van der Waals surface area (Å²) >= 11 is 6.29. The number of nitrogens with zero attached hydrogens (tertiary/aromatic N) is 5. The third-order valence-corrected chi connectivity index (χ3v) is 4.31. The van der Waals surface area contributed by atoms with Crippen LogP contribution >= 0.6 is 11.6 Å². The molecule has 108 valence electrons. The summed E-state index contributed by atoms with van der Waals surface area (Å²) in [5, 5.41) is 8.82. The quantitative estimate of drug-likeness (QED) is 0.798. The summed E-state index contributed by atoms with van der Waals surface area (Å²) in [6.45, 7) is 9.06. The standard InChI is InChI=1S/C15H16ClN5/c1-17-13-5-3-4-12(16)14(13)21-8-6-11(7-9-21)15-19-18-10-20(15)2/h3-5,10-11H,6-9H2,2H3. The summed E-state index contributed by atoms with van der Waals surface area (Å²) < 4.78 is 1.99. The number of hydrogen-bond donors (Lipinski definition) is 0. The zero-order valence-electron chi connectivity index (χ0n) is 11.8. The Morgan fingerprint density at radius 3 is 2.71 bits per heavy atom. The van der Waals surface area contributed by atoms with Gasteiger partial charge < -0.3 is 9.47 Å². The van der Waals surface area contributed by atoms with Gasteiger partial charge in [-0.2, -0.15) is 0 Å². The predicted molar refractivity (Wildman–Crippen MR) is 82.9 cm³/mol. The second-order valence-electron chi connectivity index (χ2n) is 5.28. The molecule has 0 N–H and O–H groups in total. The van der Waals surface area contributed by atoms with Crippen molar-refractivity contribution in [2.24, 2.45) is 7.05 Å². The topological polar surface area (TPSA) is 38.3 Å². The highest BCUT2D eigenvalue weighted by atomic mass is 35.5. The lowest BCUT2D eigenvalue weighted by molar-refractivity contribution is 0.474. The van der Waals surface area contributed by atoms with Crippen LogP contribution in [-0.2, 0) is 7.05 Å². The van der Waals surface area contributed by atoms with Gasteiger partial charge in [0.05, 0.1) is 17.3 Å². The molecular formula is C15H16ClN5. The van der Waals surface area contributed by atoms with Crippen LogP contribution in [-0.4, -0.2) is 27.9 Å². The first-order valence-corrected chi connectivity index (χ1v) is 7.33. The molecule has 0 amide bonds. The van der Waals surface area contributed by atoms with E-state index < -0.39 is 0 Å². The van der Waals surface area contributed by atoms with Gasteiger partial charge >= 0.3 is 0 Å². The number of piperidine rings is 1. The number of rotatable bonds is 2. The molecule has 0 radical (unpaired) electrons. The molecular weight excluding hydrogens is 286 g/mol. The summed E-state index contributed by atoms with van der Waals surface area (Å²) in [7, 11) is 1.98. The van der Waals surface area contributed by atoms with Gasteiger partial charge in [0.25, 0.3) is 0 Å². The number of aryl methyl sites for hydroxylation is 1. The highest BCUT2D eigenvalue weighted by Gasteiger charge is 2.26. The number of aromatic nitrogens is 3. The van der Waals surface area contributed by atoms with E-state index in [4.69, 9.17) is 18.2 Å². The zero-order valence-corrected chi connectivity index (χ0v) is 12.6. The van der Waals surface area contributed by atoms with Crippen LogP contribution in [0.1, 0.15) is 24.6 Å². The first-order valence-electron chi connectivity index (χ1n) is 6.95. The fraction of sp³-hybridized carbons (Fsp3) is 0.400. The third-order valence-electron chi connectivity index (χ3n) is 4.01. The lowest BCUT2D eigenvalue weighted by Gasteiger charge is -2.34. The van der Waals surface area contributed by atoms with Crippen molar-refractivity contribution in [2.45, 2.75) is 18.8 Å². The van der Waals surface area contributed by atoms with Gasteiger partial charge in [-0.3, -0.25) is 0 Å². The zero-order chi connectivity index (χ0) is 14.8. The molecule has 2 heterocycles. The molecule has 1 aromatic carbocycles. The summed E-state index contributed by atoms with van der Waals surface area (Å²) in [6.07, 6.45) is 3.73. The molecule has 5 nitrogen and oxygen atoms in total. The van der Waals surface area contributed by atoms with Crippen molar-refractivity contribution in [3.63, 3.8) is 0 Å². The molecule has 0 saturated carbocycles. The van der Waals surface area contributed by atoms with Crippen LogP contribution in [0.15, 0.2) is 24.5 Å². The maximum Gasteiger partial charge on any atom is 0.211 e. The van der Waals surface area contributed by atoms with E-state index in [-0.39, 0.29) is 0 Å². The second kappa shape index (κ2) is 5.74. The Morgan fingerprint density at radius 2 is 2.10 bits per heavy atom. The van der Waals surface area contributed by atoms with Crippen LogP contribution in [0.25, 0.3) is 4.85 Å². The number of para-hydroxylation sites is 1. The van der Waals surface area contributed by atoms with Crippen LogP contribution < -0.4 is 4.90 Å². The molecule has 21 heavy (non-hydrogen) atoms. The van der Waals surface area contributed by atoms with Crippen LogP contribution in [0.4, 0.5) is 11.4 Å². The van der Waals surface area contributed by atoms with Crippen LogP contribution in [0.5, 0.6) is 0 Å². The second-order valence-corrected chi connectivity index (χ2v) is 5.69. The van der Waals surface area contributed by atoms with Gasteiger partial charge in [0.2, 0.25) is 5.69 Å². The van der Waals surface area contributed by atoms with Crippen molar-refractivity contribution in [1.82, 2.24) is 14.8 Å². The molecule has 0 aliphatic carbocycles. The molecule has 0 unspecified atom stereocenters. The number of hydrogen-bond acceptors (Lipinski definition) is 3. The third kappa shape index (κ3) is 2.59. The van der Waals surface area contributed by atoms with Crippen molar-refractivity contribution in [3.05, 3.63) is 46.8 Å². The fourth-order valence-corrected chi connectivity index (χ4v) is 3.22. The normalized spacial score (nSPS) is 16.0.